The molecule has 1 unspecified atom stereocenters. The molecule has 0 radical (unpaired) electrons. The molecule has 1 saturated heterocycles. The number of likely N-dealkylation sites (tertiary alicyclic amines) is 1. The molecule has 0 spiro atoms. The van der Waals surface area contributed by atoms with Crippen molar-refractivity contribution in [3.05, 3.63) is 35.4 Å². The average Bonchev–Trinajstić information content (AvgIpc) is 2.60. The number of nitrogens with zero attached hydrogens (tertiary/aromatic N) is 2. The molecule has 26 heavy (non-hydrogen) atoms. The van der Waals surface area contributed by atoms with Crippen molar-refractivity contribution in [2.24, 2.45) is 10.9 Å². The Kier molecular flexibility index (Phi) is 7.81. The molecule has 5 nitrogen and oxygen atoms in total. The van der Waals surface area contributed by atoms with Crippen LogP contribution in [0, 0.1) is 17.6 Å². The second-order valence-electron chi connectivity index (χ2n) is 6.30. The summed E-state index contributed by atoms with van der Waals surface area (Å²) in [6, 6.07) is 3.51. The van der Waals surface area contributed by atoms with Crippen molar-refractivity contribution in [3.8, 4) is 0 Å². The number of hydrogen-bond donors (Lipinski definition) is 1. The lowest BCUT2D eigenvalue weighted by Crippen LogP contribution is -2.48. The lowest BCUT2D eigenvalue weighted by molar-refractivity contribution is -0.149. The maximum absolute atomic E-state index is 13.3. The van der Waals surface area contributed by atoms with Crippen molar-refractivity contribution in [1.29, 1.82) is 0 Å². The monoisotopic (exact) mass is 367 g/mol. The summed E-state index contributed by atoms with van der Waals surface area (Å²) in [5, 5.41) is 3.23. The van der Waals surface area contributed by atoms with E-state index < -0.39 is 11.6 Å². The molecule has 0 aromatic heterocycles. The van der Waals surface area contributed by atoms with E-state index in [4.69, 9.17) is 4.74 Å². The summed E-state index contributed by atoms with van der Waals surface area (Å²) in [6.07, 6.45) is 2.15. The zero-order chi connectivity index (χ0) is 18.9. The van der Waals surface area contributed by atoms with Gasteiger partial charge in [0, 0.05) is 32.2 Å². The predicted octanol–water partition coefficient (Wildman–Crippen LogP) is 2.75. The van der Waals surface area contributed by atoms with Crippen LogP contribution in [0.5, 0.6) is 0 Å². The average molecular weight is 367 g/mol. The van der Waals surface area contributed by atoms with Gasteiger partial charge in [-0.3, -0.25) is 9.79 Å². The van der Waals surface area contributed by atoms with Crippen LogP contribution in [0.4, 0.5) is 8.78 Å². The van der Waals surface area contributed by atoms with Crippen molar-refractivity contribution < 1.29 is 18.3 Å². The number of benzene rings is 1. The normalized spacial score (nSPS) is 17.9. The molecule has 0 bridgehead atoms. The molecular weight excluding hydrogens is 340 g/mol. The number of carbonyl (C=O) groups excluding carboxylic acids is 1. The highest BCUT2D eigenvalue weighted by Gasteiger charge is 2.28. The van der Waals surface area contributed by atoms with E-state index in [1.54, 1.807) is 6.92 Å². The largest absolute Gasteiger partial charge is 0.466 e. The molecule has 7 heteroatoms. The highest BCUT2D eigenvalue weighted by Crippen LogP contribution is 2.18. The summed E-state index contributed by atoms with van der Waals surface area (Å²) in [5.41, 5.74) is 0.574. The Labute approximate surface area is 153 Å². The first-order chi connectivity index (χ1) is 12.5. The molecule has 0 saturated carbocycles. The molecule has 2 rings (SSSR count). The molecule has 1 heterocycles. The van der Waals surface area contributed by atoms with Gasteiger partial charge in [-0.05, 0) is 50.8 Å². The van der Waals surface area contributed by atoms with Crippen molar-refractivity contribution in [2.75, 3.05) is 32.8 Å². The number of esters is 1. The van der Waals surface area contributed by atoms with E-state index in [-0.39, 0.29) is 11.9 Å². The Morgan fingerprint density at radius 3 is 2.69 bits per heavy atom. The third-order valence-electron chi connectivity index (χ3n) is 4.26. The molecule has 1 atom stereocenters. The minimum Gasteiger partial charge on any atom is -0.466 e. The van der Waals surface area contributed by atoms with E-state index in [2.05, 4.69) is 15.2 Å². The molecule has 144 valence electrons. The summed E-state index contributed by atoms with van der Waals surface area (Å²) in [4.78, 5) is 18.6. The van der Waals surface area contributed by atoms with Gasteiger partial charge < -0.3 is 15.0 Å². The third-order valence-corrected chi connectivity index (χ3v) is 4.26. The Morgan fingerprint density at radius 2 is 2.04 bits per heavy atom. The van der Waals surface area contributed by atoms with Crippen LogP contribution in [0.15, 0.2) is 23.2 Å². The summed E-state index contributed by atoms with van der Waals surface area (Å²) in [7, 11) is 0. The molecule has 0 amide bonds. The van der Waals surface area contributed by atoms with Gasteiger partial charge in [0.25, 0.3) is 0 Å². The minimum atomic E-state index is -0.579. The first-order valence-corrected chi connectivity index (χ1v) is 9.18. The maximum atomic E-state index is 13.3. The number of hydrogen-bond acceptors (Lipinski definition) is 3. The highest BCUT2D eigenvalue weighted by atomic mass is 19.1. The molecule has 1 N–H and O–H groups in total. The van der Waals surface area contributed by atoms with Gasteiger partial charge in [0.2, 0.25) is 0 Å². The summed E-state index contributed by atoms with van der Waals surface area (Å²) in [6.45, 7) is 6.66. The van der Waals surface area contributed by atoms with Crippen LogP contribution in [-0.2, 0) is 16.0 Å². The second-order valence-corrected chi connectivity index (χ2v) is 6.30. The van der Waals surface area contributed by atoms with Gasteiger partial charge in [-0.2, -0.15) is 0 Å². The zero-order valence-electron chi connectivity index (χ0n) is 15.4. The van der Waals surface area contributed by atoms with Gasteiger partial charge in [-0.25, -0.2) is 8.78 Å². The van der Waals surface area contributed by atoms with E-state index in [0.29, 0.717) is 38.2 Å². The van der Waals surface area contributed by atoms with Crippen molar-refractivity contribution in [3.63, 3.8) is 0 Å². The van der Waals surface area contributed by atoms with Crippen LogP contribution in [0.25, 0.3) is 0 Å². The lowest BCUT2D eigenvalue weighted by Gasteiger charge is -2.34. The van der Waals surface area contributed by atoms with E-state index in [1.165, 1.54) is 12.1 Å². The van der Waals surface area contributed by atoms with Crippen LogP contribution in [-0.4, -0.2) is 49.6 Å². The first-order valence-electron chi connectivity index (χ1n) is 9.18. The van der Waals surface area contributed by atoms with Gasteiger partial charge in [0.05, 0.1) is 12.5 Å². The topological polar surface area (TPSA) is 53.9 Å². The number of aliphatic imine (C=N–C) groups is 1. The second kappa shape index (κ2) is 10.1. The number of halogens is 2. The zero-order valence-corrected chi connectivity index (χ0v) is 15.4. The fraction of sp³-hybridized carbons (Fsp3) is 0.579. The SMILES string of the molecule is CCNC(=NCCc1cc(F)cc(F)c1)N1CCCC(C(=O)OCC)C1. The predicted molar refractivity (Wildman–Crippen MR) is 97.0 cm³/mol. The van der Waals surface area contributed by atoms with Crippen LogP contribution in [0.2, 0.25) is 0 Å². The van der Waals surface area contributed by atoms with Crippen molar-refractivity contribution in [1.82, 2.24) is 10.2 Å². The van der Waals surface area contributed by atoms with Crippen LogP contribution in [0.3, 0.4) is 0 Å². The Hall–Kier alpha value is -2.18. The van der Waals surface area contributed by atoms with Crippen molar-refractivity contribution >= 4 is 11.9 Å². The van der Waals surface area contributed by atoms with Gasteiger partial charge >= 0.3 is 5.97 Å². The van der Waals surface area contributed by atoms with E-state index in [0.717, 1.165) is 31.4 Å². The summed E-state index contributed by atoms with van der Waals surface area (Å²) >= 11 is 0. The van der Waals surface area contributed by atoms with Crippen molar-refractivity contribution in [2.45, 2.75) is 33.1 Å². The fourth-order valence-electron chi connectivity index (χ4n) is 3.09. The number of rotatable bonds is 6. The van der Waals surface area contributed by atoms with Crippen LogP contribution < -0.4 is 5.32 Å². The minimum absolute atomic E-state index is 0.148. The maximum Gasteiger partial charge on any atom is 0.310 e. The third kappa shape index (κ3) is 5.97. The molecule has 0 aliphatic carbocycles. The van der Waals surface area contributed by atoms with E-state index >= 15 is 0 Å². The van der Waals surface area contributed by atoms with Gasteiger partial charge in [-0.1, -0.05) is 0 Å². The van der Waals surface area contributed by atoms with Crippen LogP contribution >= 0.6 is 0 Å². The van der Waals surface area contributed by atoms with E-state index in [1.807, 2.05) is 6.92 Å². The number of ether oxygens (including phenoxy) is 1. The Bertz CT molecular complexity index is 617. The molecule has 1 aromatic rings. The number of nitrogens with one attached hydrogen (secondary N) is 1. The molecule has 1 aliphatic heterocycles. The number of piperidine rings is 1. The Balaban J connectivity index is 1.99. The molecular formula is C19H27F2N3O2. The fourth-order valence-corrected chi connectivity index (χ4v) is 3.09. The summed E-state index contributed by atoms with van der Waals surface area (Å²) in [5.74, 6) is -0.750. The lowest BCUT2D eigenvalue weighted by atomic mass is 9.98. The first kappa shape index (κ1) is 20.1. The number of carbonyl (C=O) groups is 1. The van der Waals surface area contributed by atoms with Gasteiger partial charge in [0.15, 0.2) is 5.96 Å². The van der Waals surface area contributed by atoms with Crippen LogP contribution in [0.1, 0.15) is 32.3 Å². The van der Waals surface area contributed by atoms with E-state index in [9.17, 15) is 13.6 Å². The number of guanidine groups is 1. The highest BCUT2D eigenvalue weighted by molar-refractivity contribution is 5.81. The quantitative estimate of drug-likeness (QED) is 0.477. The smallest absolute Gasteiger partial charge is 0.310 e. The standard InChI is InChI=1S/C19H27F2N3O2/c1-3-22-19(23-8-7-14-10-16(20)12-17(21)11-14)24-9-5-6-15(13-24)18(25)26-4-2/h10-12,15H,3-9,13H2,1-2H3,(H,22,23). The van der Waals surface area contributed by atoms with Gasteiger partial charge in [0.1, 0.15) is 11.6 Å². The Morgan fingerprint density at radius 1 is 1.31 bits per heavy atom. The molecule has 1 aromatic carbocycles. The molecule has 1 aliphatic rings. The molecule has 1 fully saturated rings. The summed E-state index contributed by atoms with van der Waals surface area (Å²) < 4.78 is 31.7. The van der Waals surface area contributed by atoms with Gasteiger partial charge in [-0.15, -0.1) is 0 Å².